The fourth-order valence-electron chi connectivity index (χ4n) is 1.66. The summed E-state index contributed by atoms with van der Waals surface area (Å²) in [5, 5.41) is 3.19. The van der Waals surface area contributed by atoms with Gasteiger partial charge in [0.2, 0.25) is 0 Å². The van der Waals surface area contributed by atoms with Crippen LogP contribution in [0.4, 0.5) is 4.39 Å². The van der Waals surface area contributed by atoms with Gasteiger partial charge in [-0.1, -0.05) is 6.92 Å². The highest BCUT2D eigenvalue weighted by molar-refractivity contribution is 5.25. The second-order valence-corrected chi connectivity index (χ2v) is 3.52. The van der Waals surface area contributed by atoms with E-state index in [1.807, 2.05) is 6.92 Å². The SMILES string of the molecule is CCNC(c1cnccn1)c1ccncc1F. The van der Waals surface area contributed by atoms with E-state index in [-0.39, 0.29) is 11.9 Å². The van der Waals surface area contributed by atoms with Crippen LogP contribution in [0.3, 0.4) is 0 Å². The van der Waals surface area contributed by atoms with Crippen LogP contribution in [-0.2, 0) is 0 Å². The van der Waals surface area contributed by atoms with Crippen molar-refractivity contribution in [3.05, 3.63) is 54.1 Å². The van der Waals surface area contributed by atoms with Gasteiger partial charge in [-0.2, -0.15) is 0 Å². The summed E-state index contributed by atoms with van der Waals surface area (Å²) in [6.07, 6.45) is 7.59. The summed E-state index contributed by atoms with van der Waals surface area (Å²) in [6.45, 7) is 2.67. The van der Waals surface area contributed by atoms with E-state index in [1.165, 1.54) is 6.20 Å². The zero-order valence-corrected chi connectivity index (χ0v) is 9.47. The summed E-state index contributed by atoms with van der Waals surface area (Å²) in [4.78, 5) is 11.9. The number of nitrogens with zero attached hydrogens (tertiary/aromatic N) is 3. The molecule has 0 aromatic carbocycles. The number of halogens is 1. The Hall–Kier alpha value is -1.88. The Morgan fingerprint density at radius 1 is 1.24 bits per heavy atom. The molecular weight excluding hydrogens is 219 g/mol. The molecule has 0 aliphatic carbocycles. The first-order chi connectivity index (χ1) is 8.33. The molecule has 0 saturated carbocycles. The minimum atomic E-state index is -0.343. The smallest absolute Gasteiger partial charge is 0.146 e. The van der Waals surface area contributed by atoms with Gasteiger partial charge in [0.1, 0.15) is 5.82 Å². The highest BCUT2D eigenvalue weighted by Gasteiger charge is 2.17. The standard InChI is InChI=1S/C12H13FN4/c1-2-16-12(11-8-15-5-6-17-11)9-3-4-14-7-10(9)13/h3-8,12,16H,2H2,1H3. The second-order valence-electron chi connectivity index (χ2n) is 3.52. The Balaban J connectivity index is 2.39. The third-order valence-corrected chi connectivity index (χ3v) is 2.40. The van der Waals surface area contributed by atoms with E-state index in [1.54, 1.807) is 30.9 Å². The Bertz CT molecular complexity index is 475. The molecule has 2 heterocycles. The molecule has 0 radical (unpaired) electrons. The Morgan fingerprint density at radius 3 is 2.71 bits per heavy atom. The van der Waals surface area contributed by atoms with Crippen molar-refractivity contribution in [1.29, 1.82) is 0 Å². The van der Waals surface area contributed by atoms with Crippen molar-refractivity contribution in [3.8, 4) is 0 Å². The van der Waals surface area contributed by atoms with Crippen molar-refractivity contribution in [3.63, 3.8) is 0 Å². The van der Waals surface area contributed by atoms with Crippen LogP contribution in [0, 0.1) is 5.82 Å². The van der Waals surface area contributed by atoms with Gasteiger partial charge in [-0.15, -0.1) is 0 Å². The summed E-state index contributed by atoms with van der Waals surface area (Å²) in [7, 11) is 0. The first kappa shape index (κ1) is 11.6. The third kappa shape index (κ3) is 2.62. The maximum atomic E-state index is 13.7. The van der Waals surface area contributed by atoms with Crippen LogP contribution in [-0.4, -0.2) is 21.5 Å². The van der Waals surface area contributed by atoms with E-state index in [4.69, 9.17) is 0 Å². The molecule has 5 heteroatoms. The lowest BCUT2D eigenvalue weighted by Gasteiger charge is -2.17. The second kappa shape index (κ2) is 5.45. The lowest BCUT2D eigenvalue weighted by atomic mass is 10.1. The first-order valence-electron chi connectivity index (χ1n) is 5.41. The van der Waals surface area contributed by atoms with Gasteiger partial charge >= 0.3 is 0 Å². The van der Waals surface area contributed by atoms with Crippen LogP contribution in [0.15, 0.2) is 37.1 Å². The van der Waals surface area contributed by atoms with Crippen LogP contribution in [0.2, 0.25) is 0 Å². The predicted octanol–water partition coefficient (Wildman–Crippen LogP) is 1.71. The van der Waals surface area contributed by atoms with Crippen molar-refractivity contribution >= 4 is 0 Å². The minimum Gasteiger partial charge on any atom is -0.305 e. The van der Waals surface area contributed by atoms with Gasteiger partial charge in [-0.3, -0.25) is 15.0 Å². The van der Waals surface area contributed by atoms with Crippen molar-refractivity contribution in [2.45, 2.75) is 13.0 Å². The van der Waals surface area contributed by atoms with Crippen LogP contribution in [0.1, 0.15) is 24.2 Å². The van der Waals surface area contributed by atoms with Crippen molar-refractivity contribution < 1.29 is 4.39 Å². The minimum absolute atomic E-state index is 0.295. The van der Waals surface area contributed by atoms with Gasteiger partial charge < -0.3 is 5.32 Å². The van der Waals surface area contributed by atoms with E-state index in [0.29, 0.717) is 17.8 Å². The topological polar surface area (TPSA) is 50.7 Å². The summed E-state index contributed by atoms with van der Waals surface area (Å²) in [5.41, 5.74) is 1.22. The maximum absolute atomic E-state index is 13.7. The molecule has 0 bridgehead atoms. The highest BCUT2D eigenvalue weighted by Crippen LogP contribution is 2.21. The van der Waals surface area contributed by atoms with Crippen LogP contribution >= 0.6 is 0 Å². The molecule has 88 valence electrons. The Morgan fingerprint density at radius 2 is 2.06 bits per heavy atom. The summed E-state index contributed by atoms with van der Waals surface area (Å²) in [5.74, 6) is -0.343. The normalized spacial score (nSPS) is 12.4. The molecule has 2 rings (SSSR count). The average molecular weight is 232 g/mol. The summed E-state index contributed by atoms with van der Waals surface area (Å²) in [6, 6.07) is 1.36. The van der Waals surface area contributed by atoms with E-state index in [0.717, 1.165) is 0 Å². The van der Waals surface area contributed by atoms with Crippen molar-refractivity contribution in [1.82, 2.24) is 20.3 Å². The van der Waals surface area contributed by atoms with Crippen LogP contribution < -0.4 is 5.32 Å². The Kier molecular flexibility index (Phi) is 3.72. The number of nitrogens with one attached hydrogen (secondary N) is 1. The molecule has 0 fully saturated rings. The number of hydrogen-bond donors (Lipinski definition) is 1. The fraction of sp³-hybridized carbons (Fsp3) is 0.250. The maximum Gasteiger partial charge on any atom is 0.146 e. The van der Waals surface area contributed by atoms with Gasteiger partial charge in [0.15, 0.2) is 0 Å². The third-order valence-electron chi connectivity index (χ3n) is 2.40. The quantitative estimate of drug-likeness (QED) is 0.871. The summed E-state index contributed by atoms with van der Waals surface area (Å²) < 4.78 is 13.7. The lowest BCUT2D eigenvalue weighted by molar-refractivity contribution is 0.547. The zero-order chi connectivity index (χ0) is 12.1. The highest BCUT2D eigenvalue weighted by atomic mass is 19.1. The molecule has 17 heavy (non-hydrogen) atoms. The molecule has 0 amide bonds. The molecular formula is C12H13FN4. The van der Waals surface area contributed by atoms with E-state index in [9.17, 15) is 4.39 Å². The molecule has 0 saturated heterocycles. The molecule has 0 aliphatic heterocycles. The molecule has 2 aromatic rings. The van der Waals surface area contributed by atoms with Crippen molar-refractivity contribution in [2.75, 3.05) is 6.54 Å². The molecule has 2 aromatic heterocycles. The molecule has 1 atom stereocenters. The fourth-order valence-corrected chi connectivity index (χ4v) is 1.66. The van der Waals surface area contributed by atoms with E-state index in [2.05, 4.69) is 20.3 Å². The molecule has 0 aliphatic rings. The van der Waals surface area contributed by atoms with Crippen LogP contribution in [0.25, 0.3) is 0 Å². The number of pyridine rings is 1. The molecule has 0 spiro atoms. The van der Waals surface area contributed by atoms with E-state index >= 15 is 0 Å². The summed E-state index contributed by atoms with van der Waals surface area (Å²) >= 11 is 0. The molecule has 4 nitrogen and oxygen atoms in total. The average Bonchev–Trinajstić information content (AvgIpc) is 2.38. The molecule has 1 N–H and O–H groups in total. The van der Waals surface area contributed by atoms with Crippen molar-refractivity contribution in [2.24, 2.45) is 0 Å². The van der Waals surface area contributed by atoms with Gasteiger partial charge in [0.25, 0.3) is 0 Å². The number of hydrogen-bond acceptors (Lipinski definition) is 4. The molecule has 1 unspecified atom stereocenters. The number of rotatable bonds is 4. The zero-order valence-electron chi connectivity index (χ0n) is 9.47. The van der Waals surface area contributed by atoms with Gasteiger partial charge in [0.05, 0.1) is 24.1 Å². The Labute approximate surface area is 99.0 Å². The lowest BCUT2D eigenvalue weighted by Crippen LogP contribution is -2.24. The van der Waals surface area contributed by atoms with E-state index < -0.39 is 0 Å². The first-order valence-corrected chi connectivity index (χ1v) is 5.41. The number of aromatic nitrogens is 3. The predicted molar refractivity (Wildman–Crippen MR) is 61.7 cm³/mol. The van der Waals surface area contributed by atoms with Crippen LogP contribution in [0.5, 0.6) is 0 Å². The van der Waals surface area contributed by atoms with Gasteiger partial charge in [-0.25, -0.2) is 4.39 Å². The monoisotopic (exact) mass is 232 g/mol. The largest absolute Gasteiger partial charge is 0.305 e. The van der Waals surface area contributed by atoms with Gasteiger partial charge in [-0.05, 0) is 12.6 Å². The van der Waals surface area contributed by atoms with Gasteiger partial charge in [0, 0.05) is 24.2 Å².